The molecule has 1 amide bonds. The Bertz CT molecular complexity index is 409. The molecule has 1 aliphatic rings. The summed E-state index contributed by atoms with van der Waals surface area (Å²) >= 11 is 0. The molecule has 3 atom stereocenters. The number of nitrogens with two attached hydrogens (primary N) is 1. The smallest absolute Gasteiger partial charge is 0.225 e. The second kappa shape index (κ2) is 6.90. The maximum atomic E-state index is 12.1. The first-order valence-corrected chi connectivity index (χ1v) is 8.45. The van der Waals surface area contributed by atoms with Crippen LogP contribution in [0.15, 0.2) is 0 Å². The third kappa shape index (κ3) is 6.10. The number of carbonyl (C=O) groups is 1. The second-order valence-corrected chi connectivity index (χ2v) is 7.99. The Morgan fingerprint density at radius 2 is 2.05 bits per heavy atom. The van der Waals surface area contributed by atoms with Gasteiger partial charge in [0.15, 0.2) is 0 Å². The van der Waals surface area contributed by atoms with E-state index in [1.807, 2.05) is 6.92 Å². The minimum atomic E-state index is -3.07. The Labute approximate surface area is 122 Å². The van der Waals surface area contributed by atoms with Crippen LogP contribution in [-0.2, 0) is 14.6 Å². The summed E-state index contributed by atoms with van der Waals surface area (Å²) in [6.45, 7) is 3.60. The summed E-state index contributed by atoms with van der Waals surface area (Å²) in [5.41, 5.74) is 5.67. The highest BCUT2D eigenvalue weighted by molar-refractivity contribution is 7.90. The third-order valence-corrected chi connectivity index (χ3v) is 4.62. The maximum absolute atomic E-state index is 12.1. The summed E-state index contributed by atoms with van der Waals surface area (Å²) in [5, 5.41) is 2.76. The lowest BCUT2D eigenvalue weighted by Crippen LogP contribution is -2.54. The summed E-state index contributed by atoms with van der Waals surface area (Å²) in [6.07, 6.45) is 4.85. The van der Waals surface area contributed by atoms with Crippen molar-refractivity contribution >= 4 is 28.2 Å². The van der Waals surface area contributed by atoms with Gasteiger partial charge in [-0.1, -0.05) is 12.8 Å². The molecule has 0 radical (unpaired) electrons. The Morgan fingerprint density at radius 3 is 2.53 bits per heavy atom. The van der Waals surface area contributed by atoms with E-state index in [0.29, 0.717) is 0 Å². The van der Waals surface area contributed by atoms with Gasteiger partial charge in [0.2, 0.25) is 5.91 Å². The zero-order chi connectivity index (χ0) is 14.0. The van der Waals surface area contributed by atoms with Crippen molar-refractivity contribution in [1.29, 1.82) is 0 Å². The Balaban J connectivity index is 0.00000324. The molecule has 1 fully saturated rings. The van der Waals surface area contributed by atoms with Crippen molar-refractivity contribution in [2.45, 2.75) is 51.1 Å². The fourth-order valence-electron chi connectivity index (χ4n) is 2.63. The fraction of sp³-hybridized carbons (Fsp3) is 0.917. The number of sulfone groups is 1. The Kier molecular flexibility index (Phi) is 6.78. The van der Waals surface area contributed by atoms with Gasteiger partial charge in [-0.05, 0) is 26.7 Å². The van der Waals surface area contributed by atoms with Crippen LogP contribution in [0.25, 0.3) is 0 Å². The molecule has 3 unspecified atom stereocenters. The van der Waals surface area contributed by atoms with Crippen molar-refractivity contribution in [1.82, 2.24) is 5.32 Å². The number of carbonyl (C=O) groups excluding carboxylic acids is 1. The highest BCUT2D eigenvalue weighted by atomic mass is 35.5. The average molecular weight is 313 g/mol. The molecule has 0 aromatic heterocycles. The summed E-state index contributed by atoms with van der Waals surface area (Å²) in [5.74, 6) is -0.365. The number of nitrogens with one attached hydrogen (secondary N) is 1. The molecule has 0 saturated heterocycles. The van der Waals surface area contributed by atoms with E-state index in [-0.39, 0.29) is 36.0 Å². The average Bonchev–Trinajstić information content (AvgIpc) is 2.12. The number of hydrogen-bond donors (Lipinski definition) is 2. The van der Waals surface area contributed by atoms with Crippen LogP contribution < -0.4 is 11.1 Å². The molecule has 0 spiro atoms. The van der Waals surface area contributed by atoms with Crippen LogP contribution in [0.2, 0.25) is 0 Å². The van der Waals surface area contributed by atoms with Gasteiger partial charge in [-0.2, -0.15) is 0 Å². The molecule has 0 heterocycles. The zero-order valence-electron chi connectivity index (χ0n) is 11.8. The first-order chi connectivity index (χ1) is 8.12. The van der Waals surface area contributed by atoms with Gasteiger partial charge >= 0.3 is 0 Å². The molecule has 5 nitrogen and oxygen atoms in total. The van der Waals surface area contributed by atoms with Gasteiger partial charge in [-0.25, -0.2) is 8.42 Å². The van der Waals surface area contributed by atoms with Crippen molar-refractivity contribution in [3.8, 4) is 0 Å². The van der Waals surface area contributed by atoms with Crippen LogP contribution in [0.3, 0.4) is 0 Å². The van der Waals surface area contributed by atoms with E-state index in [2.05, 4.69) is 5.32 Å². The van der Waals surface area contributed by atoms with Crippen LogP contribution in [0.5, 0.6) is 0 Å². The molecular formula is C12H25ClN2O3S. The van der Waals surface area contributed by atoms with E-state index in [4.69, 9.17) is 5.73 Å². The predicted octanol–water partition coefficient (Wildman–Crippen LogP) is 0.865. The molecule has 1 aliphatic carbocycles. The molecular weight excluding hydrogens is 288 g/mol. The van der Waals surface area contributed by atoms with Gasteiger partial charge in [0.25, 0.3) is 0 Å². The van der Waals surface area contributed by atoms with Crippen molar-refractivity contribution in [3.05, 3.63) is 0 Å². The predicted molar refractivity (Wildman–Crippen MR) is 79.1 cm³/mol. The topological polar surface area (TPSA) is 89.3 Å². The summed E-state index contributed by atoms with van der Waals surface area (Å²) in [7, 11) is -3.07. The van der Waals surface area contributed by atoms with E-state index in [9.17, 15) is 13.2 Å². The number of halogens is 1. The molecule has 7 heteroatoms. The SMILES string of the molecule is CC(CS(C)(=O)=O)NC(=O)C1CCCCC1(C)N.Cl. The van der Waals surface area contributed by atoms with Crippen molar-refractivity contribution in [2.24, 2.45) is 11.7 Å². The van der Waals surface area contributed by atoms with E-state index >= 15 is 0 Å². The van der Waals surface area contributed by atoms with E-state index in [1.54, 1.807) is 6.92 Å². The van der Waals surface area contributed by atoms with Gasteiger partial charge in [0.05, 0.1) is 11.7 Å². The lowest BCUT2D eigenvalue weighted by molar-refractivity contribution is -0.128. The minimum absolute atomic E-state index is 0. The van der Waals surface area contributed by atoms with Gasteiger partial charge < -0.3 is 11.1 Å². The molecule has 3 N–H and O–H groups in total. The van der Waals surface area contributed by atoms with Crippen LogP contribution in [-0.4, -0.2) is 37.9 Å². The molecule has 114 valence electrons. The lowest BCUT2D eigenvalue weighted by atomic mass is 9.74. The van der Waals surface area contributed by atoms with Crippen LogP contribution in [0.4, 0.5) is 0 Å². The first-order valence-electron chi connectivity index (χ1n) is 6.39. The van der Waals surface area contributed by atoms with Gasteiger partial charge in [-0.3, -0.25) is 4.79 Å². The van der Waals surface area contributed by atoms with Crippen LogP contribution in [0, 0.1) is 5.92 Å². The van der Waals surface area contributed by atoms with Gasteiger partial charge in [0, 0.05) is 17.8 Å². The van der Waals surface area contributed by atoms with E-state index < -0.39 is 15.4 Å². The standard InChI is InChI=1S/C12H24N2O3S.ClH/c1-9(8-18(3,16)17)14-11(15)10-6-4-5-7-12(10,2)13;/h9-10H,4-8,13H2,1-3H3,(H,14,15);1H. The lowest BCUT2D eigenvalue weighted by Gasteiger charge is -2.37. The molecule has 19 heavy (non-hydrogen) atoms. The van der Waals surface area contributed by atoms with Crippen molar-refractivity contribution in [3.63, 3.8) is 0 Å². The highest BCUT2D eigenvalue weighted by Crippen LogP contribution is 2.31. The molecule has 0 aromatic rings. The highest BCUT2D eigenvalue weighted by Gasteiger charge is 2.38. The molecule has 0 aliphatic heterocycles. The third-order valence-electron chi connectivity index (χ3n) is 3.51. The summed E-state index contributed by atoms with van der Waals surface area (Å²) in [4.78, 5) is 12.1. The maximum Gasteiger partial charge on any atom is 0.225 e. The normalized spacial score (nSPS) is 29.2. The first kappa shape index (κ1) is 18.7. The minimum Gasteiger partial charge on any atom is -0.352 e. The fourth-order valence-corrected chi connectivity index (χ4v) is 3.62. The van der Waals surface area contributed by atoms with E-state index in [1.165, 1.54) is 6.26 Å². The van der Waals surface area contributed by atoms with Gasteiger partial charge in [0.1, 0.15) is 9.84 Å². The molecule has 0 aromatic carbocycles. The van der Waals surface area contributed by atoms with Crippen molar-refractivity contribution < 1.29 is 13.2 Å². The number of rotatable bonds is 4. The van der Waals surface area contributed by atoms with Crippen LogP contribution >= 0.6 is 12.4 Å². The summed E-state index contributed by atoms with van der Waals surface area (Å²) in [6, 6.07) is -0.370. The Morgan fingerprint density at radius 1 is 1.47 bits per heavy atom. The molecule has 0 bridgehead atoms. The zero-order valence-corrected chi connectivity index (χ0v) is 13.4. The number of amides is 1. The van der Waals surface area contributed by atoms with Crippen molar-refractivity contribution in [2.75, 3.05) is 12.0 Å². The molecule has 1 rings (SSSR count). The quantitative estimate of drug-likeness (QED) is 0.806. The van der Waals surface area contributed by atoms with Crippen LogP contribution in [0.1, 0.15) is 39.5 Å². The second-order valence-electron chi connectivity index (χ2n) is 5.81. The summed E-state index contributed by atoms with van der Waals surface area (Å²) < 4.78 is 22.3. The number of hydrogen-bond acceptors (Lipinski definition) is 4. The van der Waals surface area contributed by atoms with E-state index in [0.717, 1.165) is 25.7 Å². The van der Waals surface area contributed by atoms with Gasteiger partial charge in [-0.15, -0.1) is 12.4 Å². The Hall–Kier alpha value is -0.330. The molecule has 1 saturated carbocycles. The monoisotopic (exact) mass is 312 g/mol. The largest absolute Gasteiger partial charge is 0.352 e.